The first-order valence-electron chi connectivity index (χ1n) is 14.4. The summed E-state index contributed by atoms with van der Waals surface area (Å²) in [5.74, 6) is -2.50. The van der Waals surface area contributed by atoms with Crippen LogP contribution < -0.4 is 10.6 Å². The maximum atomic E-state index is 16.2. The van der Waals surface area contributed by atoms with Gasteiger partial charge >= 0.3 is 5.69 Å². The van der Waals surface area contributed by atoms with E-state index < -0.39 is 38.6 Å². The van der Waals surface area contributed by atoms with Crippen molar-refractivity contribution in [2.75, 3.05) is 30.8 Å². The smallest absolute Gasteiger partial charge is 0.350 e. The monoisotopic (exact) mass is 636 g/mol. The fourth-order valence-corrected chi connectivity index (χ4v) is 6.63. The summed E-state index contributed by atoms with van der Waals surface area (Å²) in [6.45, 7) is 12.0. The Kier molecular flexibility index (Phi) is 8.58. The summed E-state index contributed by atoms with van der Waals surface area (Å²) in [4.78, 5) is 43.3. The lowest BCUT2D eigenvalue weighted by Gasteiger charge is -2.40. The van der Waals surface area contributed by atoms with Gasteiger partial charge in [0.25, 0.3) is 0 Å². The molecule has 1 saturated heterocycles. The van der Waals surface area contributed by atoms with E-state index in [-0.39, 0.29) is 45.8 Å². The Bertz CT molecular complexity index is 2010. The van der Waals surface area contributed by atoms with E-state index in [1.807, 2.05) is 25.7 Å². The number of aromatic nitrogens is 4. The largest absolute Gasteiger partial charge is 0.355 e. The number of hydrogen-bond acceptors (Lipinski definition) is 8. The Morgan fingerprint density at radius 2 is 1.89 bits per heavy atom. The molecule has 1 amide bonds. The van der Waals surface area contributed by atoms with Gasteiger partial charge in [-0.05, 0) is 55.2 Å². The summed E-state index contributed by atoms with van der Waals surface area (Å²) >= 11 is 0. The second-order valence-electron chi connectivity index (χ2n) is 11.6. The molecule has 3 aromatic heterocycles. The van der Waals surface area contributed by atoms with Crippen LogP contribution in [0.15, 0.2) is 54.0 Å². The first-order valence-corrected chi connectivity index (χ1v) is 16.5. The molecule has 1 atom stereocenters. The predicted molar refractivity (Wildman–Crippen MR) is 169 cm³/mol. The zero-order chi connectivity index (χ0) is 32.8. The van der Waals surface area contributed by atoms with E-state index >= 15 is 8.78 Å². The molecule has 1 aromatic carbocycles. The SMILES string of the molecule is C=CC(=O)N1CCN(c2nc(=O)n(-c3c(C)ccnc3C(C)C)c3nc(-c4c(F)cccc4CS(C)(=O)=O)c(F)cc23)[C@@H](C)C1. The molecule has 13 heteroatoms. The molecule has 45 heavy (non-hydrogen) atoms. The molecule has 4 aromatic rings. The zero-order valence-electron chi connectivity index (χ0n) is 25.7. The normalized spacial score (nSPS) is 15.6. The summed E-state index contributed by atoms with van der Waals surface area (Å²) in [6.07, 6.45) is 3.87. The lowest BCUT2D eigenvalue weighted by Crippen LogP contribution is -2.54. The van der Waals surface area contributed by atoms with Crippen LogP contribution in [0.4, 0.5) is 14.6 Å². The Morgan fingerprint density at radius 3 is 2.53 bits per heavy atom. The minimum absolute atomic E-state index is 0.00440. The molecule has 0 N–H and O–H groups in total. The minimum Gasteiger partial charge on any atom is -0.350 e. The van der Waals surface area contributed by atoms with Gasteiger partial charge in [-0.3, -0.25) is 9.78 Å². The van der Waals surface area contributed by atoms with Crippen molar-refractivity contribution in [3.63, 3.8) is 0 Å². The molecule has 1 aliphatic rings. The molecule has 0 bridgehead atoms. The molecule has 0 aliphatic carbocycles. The van der Waals surface area contributed by atoms with Crippen LogP contribution in [0, 0.1) is 18.6 Å². The fourth-order valence-electron chi connectivity index (χ4n) is 5.82. The number of sulfone groups is 1. The number of piperazine rings is 1. The van der Waals surface area contributed by atoms with Crippen molar-refractivity contribution < 1.29 is 22.0 Å². The van der Waals surface area contributed by atoms with Crippen LogP contribution in [0.5, 0.6) is 0 Å². The van der Waals surface area contributed by atoms with Gasteiger partial charge < -0.3 is 9.80 Å². The summed E-state index contributed by atoms with van der Waals surface area (Å²) in [5.41, 5.74) is 0.270. The zero-order valence-corrected chi connectivity index (χ0v) is 26.5. The molecule has 0 spiro atoms. The van der Waals surface area contributed by atoms with E-state index in [1.54, 1.807) is 24.1 Å². The number of aryl methyl sites for hydroxylation is 1. The molecule has 4 heterocycles. The van der Waals surface area contributed by atoms with Crippen molar-refractivity contribution >= 4 is 32.6 Å². The third-order valence-electron chi connectivity index (χ3n) is 7.87. The third kappa shape index (κ3) is 6.08. The molecule has 5 rings (SSSR count). The number of pyridine rings is 2. The first-order chi connectivity index (χ1) is 21.2. The molecular formula is C32H34F2N6O4S. The highest BCUT2D eigenvalue weighted by Gasteiger charge is 2.31. The maximum absolute atomic E-state index is 16.2. The topological polar surface area (TPSA) is 118 Å². The fraction of sp³-hybridized carbons (Fsp3) is 0.344. The van der Waals surface area contributed by atoms with Crippen LogP contribution in [0.2, 0.25) is 0 Å². The standard InChI is InChI=1S/C32H34F2N6O4S/c1-7-25(41)38-13-14-39(20(5)16-38)30-22-15-24(34)28(26-21(17-45(6,43)44)9-8-10-23(26)33)36-31(22)40(32(42)37-30)29-19(4)11-12-35-27(29)18(2)3/h7-12,15,18,20H,1,13-14,16-17H2,2-6H3/t20-/m0/s1. The summed E-state index contributed by atoms with van der Waals surface area (Å²) in [6, 6.07) is 6.44. The predicted octanol–water partition coefficient (Wildman–Crippen LogP) is 4.32. The number of nitrogens with zero attached hydrogens (tertiary/aromatic N) is 6. The van der Waals surface area contributed by atoms with E-state index in [9.17, 15) is 18.0 Å². The molecule has 10 nitrogen and oxygen atoms in total. The Labute approximate surface area is 260 Å². The average molecular weight is 637 g/mol. The molecule has 0 saturated carbocycles. The number of fused-ring (bicyclic) bond motifs is 1. The van der Waals surface area contributed by atoms with Crippen molar-refractivity contribution in [2.24, 2.45) is 0 Å². The third-order valence-corrected chi connectivity index (χ3v) is 8.70. The number of anilines is 1. The molecule has 0 radical (unpaired) electrons. The van der Waals surface area contributed by atoms with E-state index in [0.717, 1.165) is 18.4 Å². The highest BCUT2D eigenvalue weighted by atomic mass is 32.2. The highest BCUT2D eigenvalue weighted by molar-refractivity contribution is 7.89. The van der Waals surface area contributed by atoms with E-state index in [0.29, 0.717) is 36.6 Å². The number of hydrogen-bond donors (Lipinski definition) is 0. The second-order valence-corrected chi connectivity index (χ2v) is 13.8. The number of halogens is 2. The first kappa shape index (κ1) is 31.9. The average Bonchev–Trinajstić information content (AvgIpc) is 2.96. The van der Waals surface area contributed by atoms with E-state index in [4.69, 9.17) is 0 Å². The van der Waals surface area contributed by atoms with Crippen molar-refractivity contribution in [1.29, 1.82) is 0 Å². The second kappa shape index (κ2) is 12.1. The van der Waals surface area contributed by atoms with Gasteiger partial charge in [0.15, 0.2) is 15.5 Å². The number of benzene rings is 1. The minimum atomic E-state index is -3.63. The van der Waals surface area contributed by atoms with Gasteiger partial charge in [-0.1, -0.05) is 32.6 Å². The quantitative estimate of drug-likeness (QED) is 0.276. The van der Waals surface area contributed by atoms with Crippen LogP contribution in [-0.4, -0.2) is 70.7 Å². The van der Waals surface area contributed by atoms with Gasteiger partial charge in [-0.2, -0.15) is 4.98 Å². The van der Waals surface area contributed by atoms with Crippen LogP contribution in [0.3, 0.4) is 0 Å². The maximum Gasteiger partial charge on any atom is 0.355 e. The highest BCUT2D eigenvalue weighted by Crippen LogP contribution is 2.35. The molecule has 1 aliphatic heterocycles. The summed E-state index contributed by atoms with van der Waals surface area (Å²) in [7, 11) is -3.63. The Morgan fingerprint density at radius 1 is 1.16 bits per heavy atom. The van der Waals surface area contributed by atoms with Crippen molar-refractivity contribution in [3.8, 4) is 16.9 Å². The van der Waals surface area contributed by atoms with Crippen LogP contribution in [0.25, 0.3) is 28.0 Å². The van der Waals surface area contributed by atoms with Crippen LogP contribution in [-0.2, 0) is 20.4 Å². The van der Waals surface area contributed by atoms with Crippen molar-refractivity contribution in [1.82, 2.24) is 24.4 Å². The van der Waals surface area contributed by atoms with Crippen LogP contribution in [0.1, 0.15) is 43.5 Å². The van der Waals surface area contributed by atoms with Gasteiger partial charge in [0.2, 0.25) is 5.91 Å². The van der Waals surface area contributed by atoms with Crippen LogP contribution >= 0.6 is 0 Å². The summed E-state index contributed by atoms with van der Waals surface area (Å²) < 4.78 is 57.3. The van der Waals surface area contributed by atoms with Crippen molar-refractivity contribution in [3.05, 3.63) is 88.1 Å². The van der Waals surface area contributed by atoms with Gasteiger partial charge in [0.05, 0.1) is 22.5 Å². The number of amides is 1. The number of rotatable bonds is 7. The van der Waals surface area contributed by atoms with E-state index in [1.165, 1.54) is 22.8 Å². The Balaban J connectivity index is 1.85. The number of carbonyl (C=O) groups excluding carboxylic acids is 1. The molecular weight excluding hydrogens is 602 g/mol. The van der Waals surface area contributed by atoms with Crippen molar-refractivity contribution in [2.45, 2.75) is 45.4 Å². The van der Waals surface area contributed by atoms with Gasteiger partial charge in [-0.25, -0.2) is 31.5 Å². The lowest BCUT2D eigenvalue weighted by molar-refractivity contribution is -0.126. The molecule has 0 unspecified atom stereocenters. The lowest BCUT2D eigenvalue weighted by atomic mass is 10.0. The van der Waals surface area contributed by atoms with Gasteiger partial charge in [-0.15, -0.1) is 0 Å². The molecule has 236 valence electrons. The number of carbonyl (C=O) groups is 1. The van der Waals surface area contributed by atoms with E-state index in [2.05, 4.69) is 21.5 Å². The summed E-state index contributed by atoms with van der Waals surface area (Å²) in [5, 5.41) is 0.185. The van der Waals surface area contributed by atoms with Gasteiger partial charge in [0, 0.05) is 43.7 Å². The Hall–Kier alpha value is -4.52. The van der Waals surface area contributed by atoms with Gasteiger partial charge in [0.1, 0.15) is 23.1 Å². The molecule has 1 fully saturated rings.